The highest BCUT2D eigenvalue weighted by Gasteiger charge is 2.24. The van der Waals surface area contributed by atoms with Crippen LogP contribution in [0.1, 0.15) is 10.4 Å². The summed E-state index contributed by atoms with van der Waals surface area (Å²) in [5.74, 6) is 0.391. The van der Waals surface area contributed by atoms with E-state index in [1.807, 2.05) is 30.3 Å². The molecule has 1 aliphatic heterocycles. The summed E-state index contributed by atoms with van der Waals surface area (Å²) in [4.78, 5) is 29.0. The molecule has 6 nitrogen and oxygen atoms in total. The van der Waals surface area contributed by atoms with Crippen LogP contribution in [0.2, 0.25) is 5.02 Å². The lowest BCUT2D eigenvalue weighted by molar-refractivity contribution is 0.0616. The number of benzene rings is 2. The summed E-state index contributed by atoms with van der Waals surface area (Å²) in [6.45, 7) is 3.80. The quantitative estimate of drug-likeness (QED) is 0.602. The Bertz CT molecular complexity index is 1070. The van der Waals surface area contributed by atoms with Crippen LogP contribution in [0, 0.1) is 0 Å². The van der Waals surface area contributed by atoms with E-state index in [4.69, 9.17) is 20.8 Å². The van der Waals surface area contributed by atoms with Crippen molar-refractivity contribution in [2.75, 3.05) is 39.3 Å². The van der Waals surface area contributed by atoms with Gasteiger partial charge in [-0.25, -0.2) is 4.79 Å². The number of hydrogen-bond donors (Lipinski definition) is 0. The van der Waals surface area contributed by atoms with Gasteiger partial charge in [-0.1, -0.05) is 41.9 Å². The van der Waals surface area contributed by atoms with Gasteiger partial charge in [-0.3, -0.25) is 9.69 Å². The molecule has 0 saturated carbocycles. The van der Waals surface area contributed by atoms with E-state index >= 15 is 0 Å². The van der Waals surface area contributed by atoms with Crippen LogP contribution in [0.3, 0.4) is 0 Å². The van der Waals surface area contributed by atoms with Gasteiger partial charge in [0.1, 0.15) is 23.5 Å². The number of carbonyl (C=O) groups is 1. The van der Waals surface area contributed by atoms with Gasteiger partial charge >= 0.3 is 5.63 Å². The second-order valence-electron chi connectivity index (χ2n) is 6.90. The minimum Gasteiger partial charge on any atom is -0.491 e. The maximum absolute atomic E-state index is 12.8. The number of ether oxygens (including phenoxy) is 1. The van der Waals surface area contributed by atoms with E-state index in [1.54, 1.807) is 29.2 Å². The van der Waals surface area contributed by atoms with Gasteiger partial charge in [-0.2, -0.15) is 0 Å². The zero-order valence-corrected chi connectivity index (χ0v) is 16.6. The molecule has 1 fully saturated rings. The summed E-state index contributed by atoms with van der Waals surface area (Å²) in [7, 11) is 0. The van der Waals surface area contributed by atoms with Crippen molar-refractivity contribution in [2.45, 2.75) is 0 Å². The average molecular weight is 413 g/mol. The van der Waals surface area contributed by atoms with Crippen LogP contribution in [-0.4, -0.2) is 55.0 Å². The number of fused-ring (bicyclic) bond motifs is 1. The lowest BCUT2D eigenvalue weighted by Crippen LogP contribution is -2.50. The molecule has 0 spiro atoms. The minimum atomic E-state index is -0.593. The largest absolute Gasteiger partial charge is 0.491 e. The Balaban J connectivity index is 1.32. The van der Waals surface area contributed by atoms with Crippen molar-refractivity contribution < 1.29 is 13.9 Å². The SMILES string of the molecule is O=C(c1cc2ccccc2oc1=O)N1CCN(CCOc2ccccc2Cl)CC1. The first-order chi connectivity index (χ1) is 14.1. The number of para-hydroxylation sites is 2. The number of piperazine rings is 1. The molecule has 4 rings (SSSR count). The molecule has 7 heteroatoms. The Morgan fingerprint density at radius 1 is 1.03 bits per heavy atom. The van der Waals surface area contributed by atoms with Gasteiger partial charge in [0.15, 0.2) is 0 Å². The zero-order valence-electron chi connectivity index (χ0n) is 15.8. The van der Waals surface area contributed by atoms with Crippen molar-refractivity contribution >= 4 is 28.5 Å². The molecule has 1 amide bonds. The summed E-state index contributed by atoms with van der Waals surface area (Å²) in [5.41, 5.74) is -0.0270. The number of rotatable bonds is 5. The predicted molar refractivity (Wildman–Crippen MR) is 112 cm³/mol. The highest BCUT2D eigenvalue weighted by Crippen LogP contribution is 2.23. The third-order valence-electron chi connectivity index (χ3n) is 5.03. The molecule has 0 atom stereocenters. The summed E-state index contributed by atoms with van der Waals surface area (Å²) in [6, 6.07) is 16.2. The first-order valence-electron chi connectivity index (χ1n) is 9.54. The lowest BCUT2D eigenvalue weighted by Gasteiger charge is -2.34. The summed E-state index contributed by atoms with van der Waals surface area (Å²) < 4.78 is 11.0. The normalized spacial score (nSPS) is 14.9. The van der Waals surface area contributed by atoms with Crippen LogP contribution in [0.25, 0.3) is 11.0 Å². The fourth-order valence-corrected chi connectivity index (χ4v) is 3.59. The van der Waals surface area contributed by atoms with E-state index < -0.39 is 5.63 Å². The molecule has 2 aromatic carbocycles. The van der Waals surface area contributed by atoms with Crippen LogP contribution in [0.15, 0.2) is 63.8 Å². The minimum absolute atomic E-state index is 0.0826. The number of nitrogens with zero attached hydrogens (tertiary/aromatic N) is 2. The maximum atomic E-state index is 12.8. The number of hydrogen-bond acceptors (Lipinski definition) is 5. The fraction of sp³-hybridized carbons (Fsp3) is 0.273. The molecule has 150 valence electrons. The van der Waals surface area contributed by atoms with Gasteiger partial charge in [0.25, 0.3) is 5.91 Å². The molecule has 1 saturated heterocycles. The molecule has 1 aliphatic rings. The van der Waals surface area contributed by atoms with Gasteiger partial charge in [0, 0.05) is 38.1 Å². The molecule has 1 aromatic heterocycles. The van der Waals surface area contributed by atoms with E-state index in [0.717, 1.165) is 25.0 Å². The second kappa shape index (κ2) is 8.68. The van der Waals surface area contributed by atoms with Crippen molar-refractivity contribution in [1.82, 2.24) is 9.80 Å². The molecule has 0 bridgehead atoms. The Morgan fingerprint density at radius 3 is 2.55 bits per heavy atom. The molecule has 0 radical (unpaired) electrons. The van der Waals surface area contributed by atoms with Crippen LogP contribution in [0.5, 0.6) is 5.75 Å². The third-order valence-corrected chi connectivity index (χ3v) is 5.35. The first-order valence-corrected chi connectivity index (χ1v) is 9.91. The molecule has 2 heterocycles. The van der Waals surface area contributed by atoms with Crippen molar-refractivity contribution in [1.29, 1.82) is 0 Å². The van der Waals surface area contributed by atoms with E-state index in [1.165, 1.54) is 0 Å². The van der Waals surface area contributed by atoms with Crippen LogP contribution >= 0.6 is 11.6 Å². The fourth-order valence-electron chi connectivity index (χ4n) is 3.40. The Kier molecular flexibility index (Phi) is 5.83. The number of halogens is 1. The summed E-state index contributed by atoms with van der Waals surface area (Å²) in [6.07, 6.45) is 0. The topological polar surface area (TPSA) is 63.0 Å². The van der Waals surface area contributed by atoms with Gasteiger partial charge in [-0.05, 0) is 24.3 Å². The van der Waals surface area contributed by atoms with Crippen LogP contribution in [-0.2, 0) is 0 Å². The molecule has 0 aliphatic carbocycles. The highest BCUT2D eigenvalue weighted by atomic mass is 35.5. The second-order valence-corrected chi connectivity index (χ2v) is 7.31. The molecule has 29 heavy (non-hydrogen) atoms. The Hall–Kier alpha value is -2.83. The molecule has 0 N–H and O–H groups in total. The summed E-state index contributed by atoms with van der Waals surface area (Å²) in [5, 5.41) is 1.34. The van der Waals surface area contributed by atoms with Crippen molar-refractivity contribution in [3.05, 3.63) is 75.6 Å². The predicted octanol–water partition coefficient (Wildman–Crippen LogP) is 3.28. The number of carbonyl (C=O) groups excluding carboxylic acids is 1. The van der Waals surface area contributed by atoms with E-state index in [-0.39, 0.29) is 11.5 Å². The molecular formula is C22H21ClN2O4. The average Bonchev–Trinajstić information content (AvgIpc) is 2.74. The molecule has 3 aromatic rings. The van der Waals surface area contributed by atoms with Crippen molar-refractivity contribution in [3.8, 4) is 5.75 Å². The number of amides is 1. The van der Waals surface area contributed by atoms with Gasteiger partial charge in [0.2, 0.25) is 0 Å². The van der Waals surface area contributed by atoms with E-state index in [9.17, 15) is 9.59 Å². The third kappa shape index (κ3) is 4.44. The van der Waals surface area contributed by atoms with Gasteiger partial charge in [0.05, 0.1) is 5.02 Å². The van der Waals surface area contributed by atoms with Crippen LogP contribution in [0.4, 0.5) is 0 Å². The highest BCUT2D eigenvalue weighted by molar-refractivity contribution is 6.32. The first kappa shape index (κ1) is 19.5. The van der Waals surface area contributed by atoms with Gasteiger partial charge < -0.3 is 14.1 Å². The van der Waals surface area contributed by atoms with E-state index in [0.29, 0.717) is 36.1 Å². The smallest absolute Gasteiger partial charge is 0.349 e. The standard InChI is InChI=1S/C22H21ClN2O4/c23-18-6-2-4-8-20(18)28-14-13-24-9-11-25(12-10-24)21(26)17-15-16-5-1-3-7-19(16)29-22(17)27/h1-8,15H,9-14H2. The van der Waals surface area contributed by atoms with Crippen molar-refractivity contribution in [2.24, 2.45) is 0 Å². The lowest BCUT2D eigenvalue weighted by atomic mass is 10.1. The maximum Gasteiger partial charge on any atom is 0.349 e. The van der Waals surface area contributed by atoms with Gasteiger partial charge in [-0.15, -0.1) is 0 Å². The molecule has 0 unspecified atom stereocenters. The van der Waals surface area contributed by atoms with Crippen LogP contribution < -0.4 is 10.4 Å². The summed E-state index contributed by atoms with van der Waals surface area (Å²) >= 11 is 6.09. The molecular weight excluding hydrogens is 392 g/mol. The Labute approximate surface area is 173 Å². The van der Waals surface area contributed by atoms with E-state index in [2.05, 4.69) is 4.90 Å². The monoisotopic (exact) mass is 412 g/mol. The Morgan fingerprint density at radius 2 is 1.76 bits per heavy atom. The van der Waals surface area contributed by atoms with Crippen molar-refractivity contribution in [3.63, 3.8) is 0 Å². The zero-order chi connectivity index (χ0) is 20.2.